The standard InChI is InChI=1S/C14H12N4O2/c19-14(17-20)12-2-1-11-5-8-18(13(11)16-12)9-10-3-6-15-7-4-10/h1-8,20H,9H2,(H,17,19). The van der Waals surface area contributed by atoms with Crippen LogP contribution in [0.1, 0.15) is 16.1 Å². The van der Waals surface area contributed by atoms with Gasteiger partial charge in [-0.3, -0.25) is 15.0 Å². The Kier molecular flexibility index (Phi) is 3.14. The predicted molar refractivity (Wildman–Crippen MR) is 72.3 cm³/mol. The van der Waals surface area contributed by atoms with Crippen molar-refractivity contribution in [1.82, 2.24) is 20.0 Å². The summed E-state index contributed by atoms with van der Waals surface area (Å²) in [5.74, 6) is -0.622. The van der Waals surface area contributed by atoms with E-state index in [1.165, 1.54) is 0 Å². The van der Waals surface area contributed by atoms with Crippen LogP contribution in [0, 0.1) is 0 Å². The number of hydrogen-bond donors (Lipinski definition) is 2. The van der Waals surface area contributed by atoms with Gasteiger partial charge in [-0.2, -0.15) is 0 Å². The first-order chi connectivity index (χ1) is 9.78. The van der Waals surface area contributed by atoms with Crippen molar-refractivity contribution in [2.45, 2.75) is 6.54 Å². The van der Waals surface area contributed by atoms with E-state index in [4.69, 9.17) is 5.21 Å². The maximum Gasteiger partial charge on any atom is 0.293 e. The van der Waals surface area contributed by atoms with Crippen molar-refractivity contribution in [3.8, 4) is 0 Å². The second-order valence-electron chi connectivity index (χ2n) is 4.35. The van der Waals surface area contributed by atoms with Crippen molar-refractivity contribution >= 4 is 16.9 Å². The lowest BCUT2D eigenvalue weighted by molar-refractivity contribution is 0.0701. The number of hydrogen-bond acceptors (Lipinski definition) is 4. The van der Waals surface area contributed by atoms with E-state index < -0.39 is 5.91 Å². The molecular formula is C14H12N4O2. The van der Waals surface area contributed by atoms with Crippen LogP contribution < -0.4 is 5.48 Å². The summed E-state index contributed by atoms with van der Waals surface area (Å²) in [4.78, 5) is 19.7. The molecule has 20 heavy (non-hydrogen) atoms. The molecule has 0 aliphatic carbocycles. The number of nitrogens with zero attached hydrogens (tertiary/aromatic N) is 3. The molecular weight excluding hydrogens is 256 g/mol. The zero-order valence-electron chi connectivity index (χ0n) is 10.5. The smallest absolute Gasteiger partial charge is 0.293 e. The number of nitrogens with one attached hydrogen (secondary N) is 1. The summed E-state index contributed by atoms with van der Waals surface area (Å²) in [5, 5.41) is 9.60. The van der Waals surface area contributed by atoms with E-state index >= 15 is 0 Å². The van der Waals surface area contributed by atoms with Crippen molar-refractivity contribution in [1.29, 1.82) is 0 Å². The van der Waals surface area contributed by atoms with E-state index in [2.05, 4.69) is 9.97 Å². The Morgan fingerprint density at radius 2 is 2.00 bits per heavy atom. The van der Waals surface area contributed by atoms with Crippen molar-refractivity contribution in [3.05, 3.63) is 60.2 Å². The summed E-state index contributed by atoms with van der Waals surface area (Å²) >= 11 is 0. The summed E-state index contributed by atoms with van der Waals surface area (Å²) < 4.78 is 1.94. The quantitative estimate of drug-likeness (QED) is 0.558. The molecule has 6 heteroatoms. The Bertz CT molecular complexity index is 752. The molecule has 0 saturated carbocycles. The topological polar surface area (TPSA) is 80.0 Å². The van der Waals surface area contributed by atoms with Gasteiger partial charge >= 0.3 is 0 Å². The van der Waals surface area contributed by atoms with E-state index in [0.717, 1.165) is 10.9 Å². The molecule has 3 heterocycles. The van der Waals surface area contributed by atoms with Gasteiger partial charge in [0.2, 0.25) is 0 Å². The molecule has 0 aliphatic heterocycles. The van der Waals surface area contributed by atoms with Crippen molar-refractivity contribution in [2.75, 3.05) is 0 Å². The Hall–Kier alpha value is -2.73. The molecule has 0 atom stereocenters. The monoisotopic (exact) mass is 268 g/mol. The third-order valence-corrected chi connectivity index (χ3v) is 3.05. The zero-order chi connectivity index (χ0) is 13.9. The lowest BCUT2D eigenvalue weighted by Gasteiger charge is -2.05. The molecule has 0 aromatic carbocycles. The van der Waals surface area contributed by atoms with E-state index in [1.807, 2.05) is 29.0 Å². The van der Waals surface area contributed by atoms with Gasteiger partial charge < -0.3 is 4.57 Å². The number of fused-ring (bicyclic) bond motifs is 1. The lowest BCUT2D eigenvalue weighted by Crippen LogP contribution is -2.20. The first kappa shape index (κ1) is 12.3. The number of amides is 1. The minimum Gasteiger partial charge on any atom is -0.328 e. The fourth-order valence-corrected chi connectivity index (χ4v) is 2.06. The largest absolute Gasteiger partial charge is 0.328 e. The van der Waals surface area contributed by atoms with Gasteiger partial charge in [0.25, 0.3) is 5.91 Å². The summed E-state index contributed by atoms with van der Waals surface area (Å²) in [6, 6.07) is 9.16. The van der Waals surface area contributed by atoms with Gasteiger partial charge in [0.15, 0.2) is 0 Å². The molecule has 0 bridgehead atoms. The Morgan fingerprint density at radius 3 is 2.75 bits per heavy atom. The van der Waals surface area contributed by atoms with E-state index in [0.29, 0.717) is 12.2 Å². The minimum atomic E-state index is -0.622. The van der Waals surface area contributed by atoms with Crippen molar-refractivity contribution in [2.24, 2.45) is 0 Å². The molecule has 0 spiro atoms. The SMILES string of the molecule is O=C(NO)c1ccc2ccn(Cc3ccncc3)c2n1. The predicted octanol–water partition coefficient (Wildman–Crippen LogP) is 1.60. The fourth-order valence-electron chi connectivity index (χ4n) is 2.06. The fraction of sp³-hybridized carbons (Fsp3) is 0.0714. The normalized spacial score (nSPS) is 10.7. The first-order valence-corrected chi connectivity index (χ1v) is 6.07. The molecule has 2 N–H and O–H groups in total. The lowest BCUT2D eigenvalue weighted by atomic mass is 10.2. The molecule has 0 saturated heterocycles. The zero-order valence-corrected chi connectivity index (χ0v) is 10.5. The minimum absolute atomic E-state index is 0.176. The van der Waals surface area contributed by atoms with Crippen LogP contribution in [-0.4, -0.2) is 25.6 Å². The third kappa shape index (κ3) is 2.24. The van der Waals surface area contributed by atoms with Gasteiger partial charge in [0.1, 0.15) is 11.3 Å². The van der Waals surface area contributed by atoms with Gasteiger partial charge in [0.05, 0.1) is 0 Å². The van der Waals surface area contributed by atoms with Gasteiger partial charge in [-0.15, -0.1) is 0 Å². The van der Waals surface area contributed by atoms with Gasteiger partial charge in [-0.25, -0.2) is 10.5 Å². The van der Waals surface area contributed by atoms with E-state index in [1.54, 1.807) is 30.0 Å². The number of aromatic nitrogens is 3. The number of carbonyl (C=O) groups is 1. The molecule has 0 aliphatic rings. The summed E-state index contributed by atoms with van der Waals surface area (Å²) in [5.41, 5.74) is 3.55. The Morgan fingerprint density at radius 1 is 1.20 bits per heavy atom. The number of carbonyl (C=O) groups excluding carboxylic acids is 1. The molecule has 0 fully saturated rings. The van der Waals surface area contributed by atoms with Crippen LogP contribution in [0.25, 0.3) is 11.0 Å². The maximum atomic E-state index is 11.4. The van der Waals surface area contributed by atoms with Crippen LogP contribution in [0.2, 0.25) is 0 Å². The van der Waals surface area contributed by atoms with Crippen molar-refractivity contribution < 1.29 is 10.0 Å². The highest BCUT2D eigenvalue weighted by Gasteiger charge is 2.09. The Labute approximate surface area is 114 Å². The van der Waals surface area contributed by atoms with Crippen LogP contribution in [0.3, 0.4) is 0 Å². The maximum absolute atomic E-state index is 11.4. The molecule has 3 rings (SSSR count). The molecule has 3 aromatic heterocycles. The van der Waals surface area contributed by atoms with Gasteiger partial charge in [-0.1, -0.05) is 0 Å². The number of rotatable bonds is 3. The average Bonchev–Trinajstić information content (AvgIpc) is 2.90. The molecule has 1 amide bonds. The highest BCUT2D eigenvalue weighted by molar-refractivity contribution is 5.93. The van der Waals surface area contributed by atoms with Crippen molar-refractivity contribution in [3.63, 3.8) is 0 Å². The number of hydroxylamine groups is 1. The summed E-state index contributed by atoms with van der Waals surface area (Å²) in [6.07, 6.45) is 5.39. The molecule has 100 valence electrons. The molecule has 3 aromatic rings. The first-order valence-electron chi connectivity index (χ1n) is 6.07. The van der Waals surface area contributed by atoms with Gasteiger partial charge in [-0.05, 0) is 35.9 Å². The van der Waals surface area contributed by atoms with Crippen LogP contribution in [0.15, 0.2) is 48.9 Å². The van der Waals surface area contributed by atoms with Crippen LogP contribution in [-0.2, 0) is 6.54 Å². The molecule has 6 nitrogen and oxygen atoms in total. The highest BCUT2D eigenvalue weighted by atomic mass is 16.5. The summed E-state index contributed by atoms with van der Waals surface area (Å²) in [7, 11) is 0. The average molecular weight is 268 g/mol. The van der Waals surface area contributed by atoms with E-state index in [-0.39, 0.29) is 5.69 Å². The highest BCUT2D eigenvalue weighted by Crippen LogP contribution is 2.16. The molecule has 0 radical (unpaired) electrons. The van der Waals surface area contributed by atoms with E-state index in [9.17, 15) is 4.79 Å². The second kappa shape index (κ2) is 5.10. The van der Waals surface area contributed by atoms with Crippen LogP contribution >= 0.6 is 0 Å². The second-order valence-corrected chi connectivity index (χ2v) is 4.35. The Balaban J connectivity index is 2.01. The van der Waals surface area contributed by atoms with Crippen LogP contribution in [0.5, 0.6) is 0 Å². The third-order valence-electron chi connectivity index (χ3n) is 3.05. The number of pyridine rings is 2. The molecule has 0 unspecified atom stereocenters. The van der Waals surface area contributed by atoms with Crippen LogP contribution in [0.4, 0.5) is 0 Å². The summed E-state index contributed by atoms with van der Waals surface area (Å²) in [6.45, 7) is 0.642. The van der Waals surface area contributed by atoms with Gasteiger partial charge in [0, 0.05) is 30.5 Å².